The summed E-state index contributed by atoms with van der Waals surface area (Å²) in [6.07, 6.45) is 3.37. The standard InChI is InChI=1S/C22H22N2O2/c1-15(23-21(25)13-12-18-8-5-4-6-9-18)19-10-7-11-20(14-19)22-16(2)24-26-17(22)3/h4-15H,1-3H3,(H,23,25)/b13-12+. The Labute approximate surface area is 153 Å². The summed E-state index contributed by atoms with van der Waals surface area (Å²) in [6.45, 7) is 5.81. The average Bonchev–Trinajstić information content (AvgIpc) is 2.99. The van der Waals surface area contributed by atoms with E-state index in [1.54, 1.807) is 6.08 Å². The minimum Gasteiger partial charge on any atom is -0.361 e. The third-order valence-electron chi connectivity index (χ3n) is 4.29. The smallest absolute Gasteiger partial charge is 0.244 e. The van der Waals surface area contributed by atoms with E-state index >= 15 is 0 Å². The number of amides is 1. The first-order chi connectivity index (χ1) is 12.5. The number of hydrogen-bond acceptors (Lipinski definition) is 3. The van der Waals surface area contributed by atoms with Gasteiger partial charge in [0.05, 0.1) is 11.7 Å². The molecule has 3 rings (SSSR count). The highest BCUT2D eigenvalue weighted by Crippen LogP contribution is 2.28. The van der Waals surface area contributed by atoms with Crippen molar-refractivity contribution in [2.75, 3.05) is 0 Å². The molecule has 0 aliphatic carbocycles. The molecule has 0 aliphatic rings. The van der Waals surface area contributed by atoms with Crippen LogP contribution in [0, 0.1) is 13.8 Å². The molecule has 4 heteroatoms. The van der Waals surface area contributed by atoms with Crippen molar-refractivity contribution >= 4 is 12.0 Å². The largest absolute Gasteiger partial charge is 0.361 e. The molecule has 1 amide bonds. The van der Waals surface area contributed by atoms with E-state index in [2.05, 4.69) is 16.5 Å². The lowest BCUT2D eigenvalue weighted by Gasteiger charge is -2.14. The second-order valence-corrected chi connectivity index (χ2v) is 6.30. The van der Waals surface area contributed by atoms with Gasteiger partial charge >= 0.3 is 0 Å². The molecular formula is C22H22N2O2. The Morgan fingerprint density at radius 3 is 2.58 bits per heavy atom. The van der Waals surface area contributed by atoms with Crippen LogP contribution < -0.4 is 5.32 Å². The number of aromatic nitrogens is 1. The summed E-state index contributed by atoms with van der Waals surface area (Å²) in [5, 5.41) is 7.02. The van der Waals surface area contributed by atoms with E-state index in [9.17, 15) is 4.79 Å². The van der Waals surface area contributed by atoms with Crippen LogP contribution in [0.4, 0.5) is 0 Å². The van der Waals surface area contributed by atoms with E-state index in [4.69, 9.17) is 4.52 Å². The van der Waals surface area contributed by atoms with Crippen LogP contribution in [0.3, 0.4) is 0 Å². The van der Waals surface area contributed by atoms with Gasteiger partial charge < -0.3 is 9.84 Å². The van der Waals surface area contributed by atoms with Gasteiger partial charge in [-0.3, -0.25) is 4.79 Å². The second kappa shape index (κ2) is 7.83. The first-order valence-corrected chi connectivity index (χ1v) is 8.61. The third kappa shape index (κ3) is 4.09. The fourth-order valence-electron chi connectivity index (χ4n) is 2.94. The van der Waals surface area contributed by atoms with Crippen LogP contribution >= 0.6 is 0 Å². The molecule has 3 aromatic rings. The number of carbonyl (C=O) groups excluding carboxylic acids is 1. The number of aryl methyl sites for hydroxylation is 2. The highest BCUT2D eigenvalue weighted by Gasteiger charge is 2.14. The van der Waals surface area contributed by atoms with Crippen molar-refractivity contribution in [3.63, 3.8) is 0 Å². The third-order valence-corrected chi connectivity index (χ3v) is 4.29. The van der Waals surface area contributed by atoms with Crippen LogP contribution in [-0.4, -0.2) is 11.1 Å². The van der Waals surface area contributed by atoms with Gasteiger partial charge in [0.1, 0.15) is 5.76 Å². The summed E-state index contributed by atoms with van der Waals surface area (Å²) in [6, 6.07) is 17.7. The molecule has 0 spiro atoms. The summed E-state index contributed by atoms with van der Waals surface area (Å²) < 4.78 is 5.26. The quantitative estimate of drug-likeness (QED) is 0.672. The summed E-state index contributed by atoms with van der Waals surface area (Å²) >= 11 is 0. The van der Waals surface area contributed by atoms with Crippen molar-refractivity contribution in [2.45, 2.75) is 26.8 Å². The van der Waals surface area contributed by atoms with E-state index in [0.29, 0.717) is 0 Å². The Hall–Kier alpha value is -3.14. The molecule has 0 aliphatic heterocycles. The van der Waals surface area contributed by atoms with Gasteiger partial charge in [-0.05, 0) is 49.6 Å². The van der Waals surface area contributed by atoms with Crippen LogP contribution in [-0.2, 0) is 4.79 Å². The van der Waals surface area contributed by atoms with Crippen molar-refractivity contribution in [3.8, 4) is 11.1 Å². The molecule has 0 saturated heterocycles. The van der Waals surface area contributed by atoms with Gasteiger partial charge in [0.15, 0.2) is 0 Å². The molecule has 0 radical (unpaired) electrons. The highest BCUT2D eigenvalue weighted by molar-refractivity contribution is 5.92. The van der Waals surface area contributed by atoms with E-state index < -0.39 is 0 Å². The lowest BCUT2D eigenvalue weighted by Crippen LogP contribution is -2.24. The van der Waals surface area contributed by atoms with Crippen LogP contribution in [0.25, 0.3) is 17.2 Å². The molecule has 132 valence electrons. The summed E-state index contributed by atoms with van der Waals surface area (Å²) in [5.41, 5.74) is 4.94. The van der Waals surface area contributed by atoms with Crippen LogP contribution in [0.5, 0.6) is 0 Å². The Balaban J connectivity index is 1.72. The average molecular weight is 346 g/mol. The molecule has 0 bridgehead atoms. The van der Waals surface area contributed by atoms with Crippen LogP contribution in [0.15, 0.2) is 65.2 Å². The van der Waals surface area contributed by atoms with Gasteiger partial charge in [-0.15, -0.1) is 0 Å². The molecule has 1 N–H and O–H groups in total. The lowest BCUT2D eigenvalue weighted by molar-refractivity contribution is -0.117. The maximum Gasteiger partial charge on any atom is 0.244 e. The van der Waals surface area contributed by atoms with Crippen molar-refractivity contribution in [1.82, 2.24) is 10.5 Å². The molecule has 4 nitrogen and oxygen atoms in total. The predicted octanol–water partition coefficient (Wildman–Crippen LogP) is 4.85. The minimum absolute atomic E-state index is 0.108. The van der Waals surface area contributed by atoms with E-state index in [1.165, 1.54) is 0 Å². The Kier molecular flexibility index (Phi) is 5.32. The molecule has 1 unspecified atom stereocenters. The van der Waals surface area contributed by atoms with Crippen LogP contribution in [0.2, 0.25) is 0 Å². The number of nitrogens with zero attached hydrogens (tertiary/aromatic N) is 1. The van der Waals surface area contributed by atoms with Gasteiger partial charge in [0.2, 0.25) is 5.91 Å². The van der Waals surface area contributed by atoms with Crippen molar-refractivity contribution < 1.29 is 9.32 Å². The Morgan fingerprint density at radius 1 is 1.12 bits per heavy atom. The SMILES string of the molecule is Cc1noc(C)c1-c1cccc(C(C)NC(=O)/C=C/c2ccccc2)c1. The topological polar surface area (TPSA) is 55.1 Å². The summed E-state index contributed by atoms with van der Waals surface area (Å²) in [5.74, 6) is 0.672. The fourth-order valence-corrected chi connectivity index (χ4v) is 2.94. The molecule has 0 saturated carbocycles. The van der Waals surface area contributed by atoms with Gasteiger partial charge in [0.25, 0.3) is 0 Å². The maximum atomic E-state index is 12.2. The molecule has 0 fully saturated rings. The maximum absolute atomic E-state index is 12.2. The Bertz CT molecular complexity index is 907. The first-order valence-electron chi connectivity index (χ1n) is 8.61. The van der Waals surface area contributed by atoms with E-state index in [0.717, 1.165) is 33.7 Å². The summed E-state index contributed by atoms with van der Waals surface area (Å²) in [4.78, 5) is 12.2. The zero-order valence-electron chi connectivity index (χ0n) is 15.2. The summed E-state index contributed by atoms with van der Waals surface area (Å²) in [7, 11) is 0. The minimum atomic E-state index is -0.121. The second-order valence-electron chi connectivity index (χ2n) is 6.30. The normalized spacial score (nSPS) is 12.3. The number of nitrogens with one attached hydrogen (secondary N) is 1. The van der Waals surface area contributed by atoms with Crippen molar-refractivity contribution in [1.29, 1.82) is 0 Å². The molecule has 26 heavy (non-hydrogen) atoms. The predicted molar refractivity (Wildman–Crippen MR) is 103 cm³/mol. The number of carbonyl (C=O) groups is 1. The number of benzene rings is 2. The van der Waals surface area contributed by atoms with Crippen molar-refractivity contribution in [3.05, 3.63) is 83.3 Å². The number of hydrogen-bond donors (Lipinski definition) is 1. The Morgan fingerprint density at radius 2 is 1.88 bits per heavy atom. The highest BCUT2D eigenvalue weighted by atomic mass is 16.5. The zero-order chi connectivity index (χ0) is 18.5. The lowest BCUT2D eigenvalue weighted by atomic mass is 9.99. The molecular weight excluding hydrogens is 324 g/mol. The van der Waals surface area contributed by atoms with E-state index in [1.807, 2.05) is 75.4 Å². The fraction of sp³-hybridized carbons (Fsp3) is 0.182. The van der Waals surface area contributed by atoms with Gasteiger partial charge in [0, 0.05) is 11.6 Å². The van der Waals surface area contributed by atoms with Gasteiger partial charge in [-0.25, -0.2) is 0 Å². The molecule has 2 aromatic carbocycles. The van der Waals surface area contributed by atoms with E-state index in [-0.39, 0.29) is 11.9 Å². The molecule has 1 aromatic heterocycles. The van der Waals surface area contributed by atoms with Crippen LogP contribution in [0.1, 0.15) is 35.5 Å². The van der Waals surface area contributed by atoms with Gasteiger partial charge in [-0.1, -0.05) is 53.7 Å². The molecule has 1 heterocycles. The molecule has 1 atom stereocenters. The monoisotopic (exact) mass is 346 g/mol. The number of rotatable bonds is 5. The first kappa shape index (κ1) is 17.7. The van der Waals surface area contributed by atoms with Gasteiger partial charge in [-0.2, -0.15) is 0 Å². The zero-order valence-corrected chi connectivity index (χ0v) is 15.2. The van der Waals surface area contributed by atoms with Crippen molar-refractivity contribution in [2.24, 2.45) is 0 Å².